The molecule has 2 rings (SSSR count). The molecule has 0 amide bonds. The van der Waals surface area contributed by atoms with Gasteiger partial charge < -0.3 is 5.32 Å². The summed E-state index contributed by atoms with van der Waals surface area (Å²) in [7, 11) is 1.86. The van der Waals surface area contributed by atoms with Crippen LogP contribution in [-0.4, -0.2) is 12.0 Å². The fourth-order valence-electron chi connectivity index (χ4n) is 2.27. The molecule has 1 heterocycles. The van der Waals surface area contributed by atoms with Gasteiger partial charge in [0.05, 0.1) is 0 Å². The Bertz CT molecular complexity index is 576. The van der Waals surface area contributed by atoms with E-state index in [2.05, 4.69) is 10.3 Å². The molecule has 0 spiro atoms. The van der Waals surface area contributed by atoms with Gasteiger partial charge in [0.2, 0.25) is 0 Å². The molecule has 0 aliphatic rings. The molecule has 0 atom stereocenters. The highest BCUT2D eigenvalue weighted by Gasteiger charge is 2.13. The lowest BCUT2D eigenvalue weighted by Crippen LogP contribution is -2.02. The second-order valence-electron chi connectivity index (χ2n) is 4.30. The van der Waals surface area contributed by atoms with Crippen LogP contribution in [0.25, 0.3) is 10.9 Å². The third kappa shape index (κ3) is 1.86. The third-order valence-corrected chi connectivity index (χ3v) is 3.12. The standard InChI is InChI=1S/C14H17FN2/c1-5-12-9(3)13(16-4)10-6-8(2)7-11(15)14(10)17-12/h6-7H,5H2,1-4H3,(H,16,17). The highest BCUT2D eigenvalue weighted by Crippen LogP contribution is 2.30. The van der Waals surface area contributed by atoms with Gasteiger partial charge in [-0.1, -0.05) is 6.92 Å². The van der Waals surface area contributed by atoms with Crippen molar-refractivity contribution >= 4 is 16.6 Å². The van der Waals surface area contributed by atoms with Gasteiger partial charge in [-0.05, 0) is 43.5 Å². The van der Waals surface area contributed by atoms with Crippen LogP contribution in [0.1, 0.15) is 23.7 Å². The molecule has 0 fully saturated rings. The molecule has 1 aromatic carbocycles. The minimum atomic E-state index is -0.244. The van der Waals surface area contributed by atoms with Gasteiger partial charge >= 0.3 is 0 Å². The lowest BCUT2D eigenvalue weighted by atomic mass is 10.0. The Labute approximate surface area is 101 Å². The Morgan fingerprint density at radius 2 is 2.00 bits per heavy atom. The lowest BCUT2D eigenvalue weighted by molar-refractivity contribution is 0.635. The first-order valence-electron chi connectivity index (χ1n) is 5.85. The number of rotatable bonds is 2. The van der Waals surface area contributed by atoms with Crippen LogP contribution < -0.4 is 5.32 Å². The molecule has 90 valence electrons. The number of fused-ring (bicyclic) bond motifs is 1. The molecule has 0 radical (unpaired) electrons. The van der Waals surface area contributed by atoms with Crippen molar-refractivity contribution in [2.24, 2.45) is 0 Å². The molecule has 0 bridgehead atoms. The van der Waals surface area contributed by atoms with Crippen molar-refractivity contribution in [3.8, 4) is 0 Å². The SMILES string of the molecule is CCc1nc2c(F)cc(C)cc2c(NC)c1C. The number of benzene rings is 1. The summed E-state index contributed by atoms with van der Waals surface area (Å²) >= 11 is 0. The Morgan fingerprint density at radius 3 is 2.59 bits per heavy atom. The summed E-state index contributed by atoms with van der Waals surface area (Å²) in [6.07, 6.45) is 0.809. The topological polar surface area (TPSA) is 24.9 Å². The van der Waals surface area contributed by atoms with Crippen molar-refractivity contribution < 1.29 is 4.39 Å². The molecule has 1 N–H and O–H groups in total. The van der Waals surface area contributed by atoms with E-state index in [1.54, 1.807) is 0 Å². The molecule has 0 aliphatic heterocycles. The van der Waals surface area contributed by atoms with Crippen LogP contribution in [0.5, 0.6) is 0 Å². The van der Waals surface area contributed by atoms with Crippen molar-refractivity contribution in [2.75, 3.05) is 12.4 Å². The van der Waals surface area contributed by atoms with Crippen LogP contribution in [0, 0.1) is 19.7 Å². The molecule has 1 aromatic heterocycles. The minimum Gasteiger partial charge on any atom is -0.387 e. The molecule has 0 saturated carbocycles. The number of nitrogens with zero attached hydrogens (tertiary/aromatic N) is 1. The number of nitrogens with one attached hydrogen (secondary N) is 1. The molecular formula is C14H17FN2. The van der Waals surface area contributed by atoms with Gasteiger partial charge in [-0.15, -0.1) is 0 Å². The number of hydrogen-bond acceptors (Lipinski definition) is 2. The fraction of sp³-hybridized carbons (Fsp3) is 0.357. The summed E-state index contributed by atoms with van der Waals surface area (Å²) in [5.41, 5.74) is 4.41. The number of anilines is 1. The Kier molecular flexibility index (Phi) is 3.01. The zero-order valence-electron chi connectivity index (χ0n) is 10.7. The van der Waals surface area contributed by atoms with Gasteiger partial charge in [-0.2, -0.15) is 0 Å². The summed E-state index contributed by atoms with van der Waals surface area (Å²) < 4.78 is 13.9. The third-order valence-electron chi connectivity index (χ3n) is 3.12. The first kappa shape index (κ1) is 11.8. The smallest absolute Gasteiger partial charge is 0.149 e. The van der Waals surface area contributed by atoms with Gasteiger partial charge in [0.1, 0.15) is 11.3 Å². The predicted octanol–water partition coefficient (Wildman–Crippen LogP) is 3.59. The largest absolute Gasteiger partial charge is 0.387 e. The maximum absolute atomic E-state index is 13.9. The first-order valence-corrected chi connectivity index (χ1v) is 5.85. The Balaban J connectivity index is 2.92. The zero-order chi connectivity index (χ0) is 12.6. The highest BCUT2D eigenvalue weighted by molar-refractivity contribution is 5.94. The average molecular weight is 232 g/mol. The molecule has 0 aliphatic carbocycles. The molecule has 2 aromatic rings. The zero-order valence-corrected chi connectivity index (χ0v) is 10.7. The number of halogens is 1. The number of aromatic nitrogens is 1. The molecule has 0 unspecified atom stereocenters. The summed E-state index contributed by atoms with van der Waals surface area (Å²) in [5.74, 6) is -0.244. The van der Waals surface area contributed by atoms with E-state index in [0.29, 0.717) is 5.52 Å². The predicted molar refractivity (Wildman–Crippen MR) is 70.1 cm³/mol. The average Bonchev–Trinajstić information content (AvgIpc) is 2.28. The minimum absolute atomic E-state index is 0.244. The maximum Gasteiger partial charge on any atom is 0.149 e. The molecule has 2 nitrogen and oxygen atoms in total. The van der Waals surface area contributed by atoms with Crippen molar-refractivity contribution in [3.05, 3.63) is 34.8 Å². The monoisotopic (exact) mass is 232 g/mol. The number of hydrogen-bond donors (Lipinski definition) is 1. The van der Waals surface area contributed by atoms with Crippen LogP contribution >= 0.6 is 0 Å². The van der Waals surface area contributed by atoms with Crippen LogP contribution in [0.3, 0.4) is 0 Å². The van der Waals surface area contributed by atoms with Gasteiger partial charge in [-0.3, -0.25) is 0 Å². The molecule has 0 saturated heterocycles. The van der Waals surface area contributed by atoms with E-state index in [4.69, 9.17) is 0 Å². The normalized spacial score (nSPS) is 10.9. The molecule has 3 heteroatoms. The van der Waals surface area contributed by atoms with Gasteiger partial charge in [0.25, 0.3) is 0 Å². The summed E-state index contributed by atoms with van der Waals surface area (Å²) in [5, 5.41) is 4.02. The van der Waals surface area contributed by atoms with Gasteiger partial charge in [-0.25, -0.2) is 9.37 Å². The number of pyridine rings is 1. The highest BCUT2D eigenvalue weighted by atomic mass is 19.1. The fourth-order valence-corrected chi connectivity index (χ4v) is 2.27. The van der Waals surface area contributed by atoms with Crippen LogP contribution in [0.2, 0.25) is 0 Å². The molecule has 17 heavy (non-hydrogen) atoms. The van der Waals surface area contributed by atoms with E-state index in [9.17, 15) is 4.39 Å². The van der Waals surface area contributed by atoms with Gasteiger partial charge in [0, 0.05) is 23.8 Å². The van der Waals surface area contributed by atoms with Crippen molar-refractivity contribution in [3.63, 3.8) is 0 Å². The Hall–Kier alpha value is -1.64. The van der Waals surface area contributed by atoms with E-state index in [-0.39, 0.29) is 5.82 Å². The van der Waals surface area contributed by atoms with E-state index >= 15 is 0 Å². The van der Waals surface area contributed by atoms with E-state index in [1.807, 2.05) is 33.9 Å². The van der Waals surface area contributed by atoms with Crippen molar-refractivity contribution in [2.45, 2.75) is 27.2 Å². The summed E-state index contributed by atoms with van der Waals surface area (Å²) in [6, 6.07) is 3.51. The first-order chi connectivity index (χ1) is 8.08. The second kappa shape index (κ2) is 4.32. The van der Waals surface area contributed by atoms with E-state index in [1.165, 1.54) is 6.07 Å². The quantitative estimate of drug-likeness (QED) is 0.855. The lowest BCUT2D eigenvalue weighted by Gasteiger charge is -2.14. The van der Waals surface area contributed by atoms with Crippen LogP contribution in [-0.2, 0) is 6.42 Å². The summed E-state index contributed by atoms with van der Waals surface area (Å²) in [6.45, 7) is 5.95. The van der Waals surface area contributed by atoms with Crippen LogP contribution in [0.15, 0.2) is 12.1 Å². The van der Waals surface area contributed by atoms with E-state index < -0.39 is 0 Å². The van der Waals surface area contributed by atoms with Crippen LogP contribution in [0.4, 0.5) is 10.1 Å². The van der Waals surface area contributed by atoms with E-state index in [0.717, 1.165) is 34.3 Å². The number of aryl methyl sites for hydroxylation is 2. The van der Waals surface area contributed by atoms with Gasteiger partial charge in [0.15, 0.2) is 0 Å². The molecular weight excluding hydrogens is 215 g/mol. The van der Waals surface area contributed by atoms with Crippen molar-refractivity contribution in [1.29, 1.82) is 0 Å². The maximum atomic E-state index is 13.9. The van der Waals surface area contributed by atoms with Crippen molar-refractivity contribution in [1.82, 2.24) is 4.98 Å². The Morgan fingerprint density at radius 1 is 1.29 bits per heavy atom. The summed E-state index contributed by atoms with van der Waals surface area (Å²) in [4.78, 5) is 4.43. The second-order valence-corrected chi connectivity index (χ2v) is 4.30.